The SMILES string of the molecule is COc1ccc(C(OC[C@H]2O[C@@H](N3C=NC4C(NC(=O)c5ccc(CNC(=O)CO)cc5)=NC(=O)NC43)CC2O)(c2ccccc2)c2ccc(OC)cc2)cc1. The van der Waals surface area contributed by atoms with E-state index in [1.54, 1.807) is 43.4 Å². The molecule has 0 radical (unpaired) electrons. The van der Waals surface area contributed by atoms with Crippen molar-refractivity contribution in [1.82, 2.24) is 20.9 Å². The minimum absolute atomic E-state index is 0.00851. The maximum atomic E-state index is 13.2. The number of amides is 4. The molecule has 15 heteroatoms. The predicted molar refractivity (Wildman–Crippen MR) is 204 cm³/mol. The van der Waals surface area contributed by atoms with Gasteiger partial charge in [0.25, 0.3) is 5.91 Å². The fraction of sp³-hybridized carbons (Fsp3) is 0.293. The van der Waals surface area contributed by atoms with E-state index in [9.17, 15) is 19.5 Å². The second-order valence-corrected chi connectivity index (χ2v) is 13.4. The molecule has 4 amide bonds. The van der Waals surface area contributed by atoms with Crippen molar-refractivity contribution in [1.29, 1.82) is 0 Å². The Hall–Kier alpha value is -6.13. The molecule has 0 saturated carbocycles. The number of nitrogens with zero attached hydrogens (tertiary/aromatic N) is 3. The number of carbonyl (C=O) groups is 3. The van der Waals surface area contributed by atoms with E-state index in [4.69, 9.17) is 24.1 Å². The van der Waals surface area contributed by atoms with Crippen molar-refractivity contribution in [3.63, 3.8) is 0 Å². The molecule has 3 aliphatic rings. The Kier molecular flexibility index (Phi) is 11.4. The fourth-order valence-electron chi connectivity index (χ4n) is 7.08. The minimum Gasteiger partial charge on any atom is -0.497 e. The zero-order valence-electron chi connectivity index (χ0n) is 30.7. The Morgan fingerprint density at radius 2 is 1.54 bits per heavy atom. The number of fused-ring (bicyclic) bond motifs is 1. The number of aliphatic hydroxyl groups excluding tert-OH is 2. The average Bonchev–Trinajstić information content (AvgIpc) is 3.83. The number of methoxy groups -OCH3 is 2. The average molecular weight is 763 g/mol. The second-order valence-electron chi connectivity index (χ2n) is 13.4. The lowest BCUT2D eigenvalue weighted by molar-refractivity contribution is -0.123. The number of amidine groups is 1. The van der Waals surface area contributed by atoms with Crippen molar-refractivity contribution in [2.45, 2.75) is 49.2 Å². The van der Waals surface area contributed by atoms with E-state index in [1.807, 2.05) is 78.9 Å². The molecule has 7 rings (SSSR count). The largest absolute Gasteiger partial charge is 0.497 e. The van der Waals surface area contributed by atoms with Crippen LogP contribution >= 0.6 is 0 Å². The molecule has 4 aromatic rings. The van der Waals surface area contributed by atoms with Gasteiger partial charge in [-0.3, -0.25) is 14.6 Å². The van der Waals surface area contributed by atoms with Gasteiger partial charge in [0.2, 0.25) is 5.91 Å². The molecule has 3 unspecified atom stereocenters. The van der Waals surface area contributed by atoms with E-state index in [1.165, 1.54) is 6.34 Å². The van der Waals surface area contributed by atoms with Crippen LogP contribution in [0.4, 0.5) is 4.79 Å². The van der Waals surface area contributed by atoms with Gasteiger partial charge in [0.05, 0.1) is 33.3 Å². The first-order chi connectivity index (χ1) is 27.2. The summed E-state index contributed by atoms with van der Waals surface area (Å²) in [6.07, 6.45) is -1.42. The van der Waals surface area contributed by atoms with Crippen LogP contribution < -0.4 is 25.4 Å². The van der Waals surface area contributed by atoms with Crippen LogP contribution in [-0.2, 0) is 26.4 Å². The number of hydrogen-bond donors (Lipinski definition) is 5. The summed E-state index contributed by atoms with van der Waals surface area (Å²) < 4.78 is 24.3. The number of aliphatic hydroxyl groups is 2. The highest BCUT2D eigenvalue weighted by molar-refractivity contribution is 6.12. The minimum atomic E-state index is -1.13. The summed E-state index contributed by atoms with van der Waals surface area (Å²) >= 11 is 0. The van der Waals surface area contributed by atoms with Gasteiger partial charge in [-0.2, -0.15) is 4.99 Å². The van der Waals surface area contributed by atoms with Crippen LogP contribution in [0.25, 0.3) is 0 Å². The lowest BCUT2D eigenvalue weighted by Gasteiger charge is -2.37. The van der Waals surface area contributed by atoms with Gasteiger partial charge in [0.1, 0.15) is 54.1 Å². The summed E-state index contributed by atoms with van der Waals surface area (Å²) in [5.74, 6) is 0.424. The lowest BCUT2D eigenvalue weighted by atomic mass is 9.80. The van der Waals surface area contributed by atoms with Crippen LogP contribution in [-0.4, -0.2) is 103 Å². The molecular weight excluding hydrogens is 720 g/mol. The normalized spacial score (nSPS) is 21.5. The first-order valence-corrected chi connectivity index (χ1v) is 18.0. The zero-order chi connectivity index (χ0) is 39.2. The highest BCUT2D eigenvalue weighted by atomic mass is 16.6. The van der Waals surface area contributed by atoms with E-state index >= 15 is 0 Å². The van der Waals surface area contributed by atoms with Gasteiger partial charge in [-0.05, 0) is 58.7 Å². The van der Waals surface area contributed by atoms with Crippen LogP contribution in [0.1, 0.15) is 39.0 Å². The van der Waals surface area contributed by atoms with E-state index in [-0.39, 0.29) is 25.4 Å². The molecule has 1 saturated heterocycles. The van der Waals surface area contributed by atoms with Gasteiger partial charge in [0.15, 0.2) is 0 Å². The smallest absolute Gasteiger partial charge is 0.344 e. The molecule has 290 valence electrons. The van der Waals surface area contributed by atoms with Crippen LogP contribution in [0.15, 0.2) is 113 Å². The summed E-state index contributed by atoms with van der Waals surface area (Å²) in [6, 6.07) is 30.2. The van der Waals surface area contributed by atoms with Gasteiger partial charge < -0.3 is 50.0 Å². The quantitative estimate of drug-likeness (QED) is 0.127. The number of benzene rings is 4. The van der Waals surface area contributed by atoms with Gasteiger partial charge in [-0.25, -0.2) is 4.79 Å². The van der Waals surface area contributed by atoms with Crippen molar-refractivity contribution in [2.24, 2.45) is 9.98 Å². The molecule has 15 nitrogen and oxygen atoms in total. The molecule has 3 heterocycles. The molecule has 0 aliphatic carbocycles. The Balaban J connectivity index is 1.07. The molecule has 1 fully saturated rings. The standard InChI is InChI=1S/C41H42N6O9/c1-53-30-16-12-28(13-17-30)41(27-6-4-3-5-7-27,29-14-18-31(54-2)19-15-29)55-23-33-32(49)20-35(56-33)47-24-43-36-37(45-40(52)46-38(36)47)44-39(51)26-10-8-25(9-11-26)21-42-34(50)22-48/h3-19,24,32-33,35-36,38,48-49H,20-23H2,1-2H3,(H,42,50)(H2,44,45,46,51,52)/t32?,33-,35-,36?,38?/m1/s1. The third-order valence-corrected chi connectivity index (χ3v) is 10.0. The summed E-state index contributed by atoms with van der Waals surface area (Å²) in [7, 11) is 3.22. The number of aliphatic imine (C=N–C) groups is 2. The zero-order valence-corrected chi connectivity index (χ0v) is 30.7. The Morgan fingerprint density at radius 1 is 0.911 bits per heavy atom. The Labute approximate surface area is 323 Å². The maximum Gasteiger partial charge on any atom is 0.344 e. The molecular formula is C41H42N6O9. The number of carbonyl (C=O) groups excluding carboxylic acids is 3. The van der Waals surface area contributed by atoms with Gasteiger partial charge in [-0.1, -0.05) is 66.7 Å². The van der Waals surface area contributed by atoms with Crippen molar-refractivity contribution in [3.8, 4) is 11.5 Å². The highest BCUT2D eigenvalue weighted by Crippen LogP contribution is 2.42. The third-order valence-electron chi connectivity index (χ3n) is 10.0. The van der Waals surface area contributed by atoms with Gasteiger partial charge in [0, 0.05) is 18.5 Å². The topological polar surface area (TPSA) is 193 Å². The molecule has 0 aromatic heterocycles. The highest BCUT2D eigenvalue weighted by Gasteiger charge is 2.48. The van der Waals surface area contributed by atoms with Gasteiger partial charge in [-0.15, -0.1) is 0 Å². The summed E-state index contributed by atoms with van der Waals surface area (Å²) in [4.78, 5) is 47.7. The van der Waals surface area contributed by atoms with Crippen molar-refractivity contribution < 1.29 is 43.5 Å². The van der Waals surface area contributed by atoms with Crippen LogP contribution in [0, 0.1) is 0 Å². The van der Waals surface area contributed by atoms with E-state index in [0.29, 0.717) is 17.1 Å². The maximum absolute atomic E-state index is 13.2. The number of rotatable bonds is 13. The monoisotopic (exact) mass is 762 g/mol. The molecule has 5 N–H and O–H groups in total. The van der Waals surface area contributed by atoms with Crippen LogP contribution in [0.3, 0.4) is 0 Å². The van der Waals surface area contributed by atoms with E-state index in [2.05, 4.69) is 25.9 Å². The molecule has 0 spiro atoms. The number of nitrogens with one attached hydrogen (secondary N) is 3. The first kappa shape index (κ1) is 38.2. The molecule has 5 atom stereocenters. The first-order valence-electron chi connectivity index (χ1n) is 18.0. The van der Waals surface area contributed by atoms with Gasteiger partial charge >= 0.3 is 6.03 Å². The van der Waals surface area contributed by atoms with Crippen molar-refractivity contribution >= 4 is 30.0 Å². The Bertz CT molecular complexity index is 2030. The van der Waals surface area contributed by atoms with E-state index in [0.717, 1.165) is 22.3 Å². The Morgan fingerprint density at radius 3 is 2.14 bits per heavy atom. The lowest BCUT2D eigenvalue weighted by Crippen LogP contribution is -2.60. The summed E-state index contributed by atoms with van der Waals surface area (Å²) in [6.45, 7) is -0.440. The molecule has 4 aromatic carbocycles. The van der Waals surface area contributed by atoms with Crippen LogP contribution in [0.5, 0.6) is 11.5 Å². The molecule has 3 aliphatic heterocycles. The number of urea groups is 1. The number of hydrogen-bond acceptors (Lipinski definition) is 11. The molecule has 0 bridgehead atoms. The number of ether oxygens (including phenoxy) is 4. The summed E-state index contributed by atoms with van der Waals surface area (Å²) in [5.41, 5.74) is 2.41. The third kappa shape index (κ3) is 7.83. The predicted octanol–water partition coefficient (Wildman–Crippen LogP) is 2.69. The van der Waals surface area contributed by atoms with Crippen molar-refractivity contribution in [3.05, 3.63) is 131 Å². The second kappa shape index (κ2) is 16.7. The summed E-state index contributed by atoms with van der Waals surface area (Å²) in [5, 5.41) is 28.4. The van der Waals surface area contributed by atoms with E-state index < -0.39 is 60.7 Å². The van der Waals surface area contributed by atoms with Crippen LogP contribution in [0.2, 0.25) is 0 Å². The van der Waals surface area contributed by atoms with Crippen molar-refractivity contribution in [2.75, 3.05) is 27.4 Å². The fourth-order valence-corrected chi connectivity index (χ4v) is 7.08. The molecule has 56 heavy (non-hydrogen) atoms.